The molecule has 0 atom stereocenters. The number of fused-ring (bicyclic) bond motifs is 6. The van der Waals surface area contributed by atoms with Crippen LogP contribution in [0.1, 0.15) is 64.1 Å². The van der Waals surface area contributed by atoms with Gasteiger partial charge in [0.25, 0.3) is 0 Å². The lowest BCUT2D eigenvalue weighted by Gasteiger charge is -2.23. The van der Waals surface area contributed by atoms with E-state index in [4.69, 9.17) is 29.4 Å². The summed E-state index contributed by atoms with van der Waals surface area (Å²) >= 11 is 0. The Morgan fingerprint density at radius 2 is 1.06 bits per heavy atom. The van der Waals surface area contributed by atoms with Crippen molar-refractivity contribution >= 4 is 33.3 Å². The molecule has 0 saturated heterocycles. The topological polar surface area (TPSA) is 69.0 Å². The third kappa shape index (κ3) is 4.61. The molecule has 6 nitrogen and oxygen atoms in total. The molecule has 0 amide bonds. The average molecular weight is 643 g/mol. The Morgan fingerprint density at radius 1 is 0.510 bits per heavy atom. The van der Waals surface area contributed by atoms with E-state index >= 15 is 0 Å². The second-order valence-electron chi connectivity index (χ2n) is 15.3. The van der Waals surface area contributed by atoms with Crippen LogP contribution in [0.2, 0.25) is 0 Å². The summed E-state index contributed by atoms with van der Waals surface area (Å²) < 4.78 is 11.9. The van der Waals surface area contributed by atoms with Crippen molar-refractivity contribution in [2.24, 2.45) is 9.98 Å². The number of hydrogen-bond donors (Lipinski definition) is 0. The number of hydrogen-bond acceptors (Lipinski definition) is 6. The molecule has 9 rings (SSSR count). The first kappa shape index (κ1) is 29.8. The first-order chi connectivity index (χ1) is 23.5. The maximum Gasteiger partial charge on any atom is 0.236 e. The molecule has 4 heterocycles. The summed E-state index contributed by atoms with van der Waals surface area (Å²) in [4.78, 5) is 19.4. The SMILES string of the molecule is CC1(C)COC(c2ccc(-c3c4ccccc4c(-c4ccc(C5=NC(C)(C)CO5)nc4)c4c5c(ccc34)C(C)(C)c3ccccc3-5)cn2)=N1. The highest BCUT2D eigenvalue weighted by Gasteiger charge is 2.38. The Hall–Kier alpha value is -5.36. The van der Waals surface area contributed by atoms with Gasteiger partial charge in [-0.2, -0.15) is 0 Å². The highest BCUT2D eigenvalue weighted by atomic mass is 16.5. The second kappa shape index (κ2) is 10.3. The third-order valence-electron chi connectivity index (χ3n) is 10.2. The molecule has 0 radical (unpaired) electrons. The van der Waals surface area contributed by atoms with Crippen LogP contribution < -0.4 is 0 Å². The fourth-order valence-corrected chi connectivity index (χ4v) is 7.84. The van der Waals surface area contributed by atoms with Crippen molar-refractivity contribution in [2.75, 3.05) is 13.2 Å². The summed E-state index contributed by atoms with van der Waals surface area (Å²) in [5.74, 6) is 1.21. The molecular formula is C43H38N4O2. The van der Waals surface area contributed by atoms with Crippen molar-refractivity contribution < 1.29 is 9.47 Å². The standard InChI is InChI=1S/C43H38N4O2/c1-41(2)23-48-39(46-41)33-19-15-25(21-44-33)35-27-11-7-8-12-28(27)36(26-16-20-34(45-22-26)40-47-42(3,4)24-49-40)38-30(35)17-18-32-37(38)29-13-9-10-14-31(29)43(32,5)6/h7-22H,23-24H2,1-6H3. The van der Waals surface area contributed by atoms with Crippen LogP contribution in [0, 0.1) is 0 Å². The zero-order chi connectivity index (χ0) is 33.7. The molecule has 6 aromatic rings. The Morgan fingerprint density at radius 3 is 1.61 bits per heavy atom. The van der Waals surface area contributed by atoms with Crippen LogP contribution >= 0.6 is 0 Å². The van der Waals surface area contributed by atoms with Gasteiger partial charge in [0, 0.05) is 28.9 Å². The average Bonchev–Trinajstić information content (AvgIpc) is 3.73. The lowest BCUT2D eigenvalue weighted by Crippen LogP contribution is -2.17. The highest BCUT2D eigenvalue weighted by Crippen LogP contribution is 2.55. The number of benzene rings is 4. The molecule has 49 heavy (non-hydrogen) atoms. The summed E-state index contributed by atoms with van der Waals surface area (Å²) in [5.41, 5.74) is 10.5. The van der Waals surface area contributed by atoms with Gasteiger partial charge in [-0.3, -0.25) is 9.97 Å². The van der Waals surface area contributed by atoms with Gasteiger partial charge in [-0.05, 0) is 94.8 Å². The van der Waals surface area contributed by atoms with Crippen molar-refractivity contribution in [2.45, 2.75) is 58.0 Å². The maximum absolute atomic E-state index is 5.94. The number of aromatic nitrogens is 2. The molecule has 4 aromatic carbocycles. The van der Waals surface area contributed by atoms with Gasteiger partial charge < -0.3 is 9.47 Å². The number of pyridine rings is 2. The monoisotopic (exact) mass is 642 g/mol. The number of ether oxygens (including phenoxy) is 2. The minimum Gasteiger partial charge on any atom is -0.474 e. The van der Waals surface area contributed by atoms with Crippen molar-refractivity contribution in [3.8, 4) is 33.4 Å². The molecule has 2 aromatic heterocycles. The van der Waals surface area contributed by atoms with Gasteiger partial charge in [0.05, 0.1) is 11.1 Å². The summed E-state index contributed by atoms with van der Waals surface area (Å²) in [6.07, 6.45) is 3.96. The summed E-state index contributed by atoms with van der Waals surface area (Å²) in [7, 11) is 0. The van der Waals surface area contributed by atoms with Crippen LogP contribution in [-0.2, 0) is 14.9 Å². The normalized spacial score (nSPS) is 18.1. The Bertz CT molecular complexity index is 2400. The fourth-order valence-electron chi connectivity index (χ4n) is 7.84. The van der Waals surface area contributed by atoms with E-state index in [1.807, 2.05) is 24.5 Å². The van der Waals surface area contributed by atoms with Crippen molar-refractivity contribution in [3.05, 3.63) is 120 Å². The lowest BCUT2D eigenvalue weighted by molar-refractivity contribution is 0.279. The molecule has 242 valence electrons. The molecule has 3 aliphatic rings. The predicted molar refractivity (Wildman–Crippen MR) is 199 cm³/mol. The van der Waals surface area contributed by atoms with Gasteiger partial charge in [-0.1, -0.05) is 86.6 Å². The summed E-state index contributed by atoms with van der Waals surface area (Å²) in [6, 6.07) is 30.7. The lowest BCUT2D eigenvalue weighted by atomic mass is 9.80. The van der Waals surface area contributed by atoms with E-state index < -0.39 is 0 Å². The van der Waals surface area contributed by atoms with Gasteiger partial charge in [-0.15, -0.1) is 0 Å². The van der Waals surface area contributed by atoms with Gasteiger partial charge in [0.15, 0.2) is 0 Å². The molecule has 1 aliphatic carbocycles. The van der Waals surface area contributed by atoms with E-state index in [0.29, 0.717) is 25.0 Å². The van der Waals surface area contributed by atoms with Gasteiger partial charge in [0.2, 0.25) is 11.8 Å². The van der Waals surface area contributed by atoms with Crippen LogP contribution in [0.5, 0.6) is 0 Å². The predicted octanol–water partition coefficient (Wildman–Crippen LogP) is 9.53. The van der Waals surface area contributed by atoms with Crippen LogP contribution in [0.3, 0.4) is 0 Å². The molecule has 0 saturated carbocycles. The minimum atomic E-state index is -0.250. The van der Waals surface area contributed by atoms with E-state index in [1.165, 1.54) is 44.0 Å². The highest BCUT2D eigenvalue weighted by molar-refractivity contribution is 6.25. The second-order valence-corrected chi connectivity index (χ2v) is 15.3. The maximum atomic E-state index is 5.94. The minimum absolute atomic E-state index is 0.144. The first-order valence-electron chi connectivity index (χ1n) is 17.0. The van der Waals surface area contributed by atoms with Gasteiger partial charge >= 0.3 is 0 Å². The molecule has 0 N–H and O–H groups in total. The van der Waals surface area contributed by atoms with Gasteiger partial charge in [-0.25, -0.2) is 9.98 Å². The van der Waals surface area contributed by atoms with E-state index in [0.717, 1.165) is 33.5 Å². The van der Waals surface area contributed by atoms with E-state index in [9.17, 15) is 0 Å². The molecule has 2 aliphatic heterocycles. The van der Waals surface area contributed by atoms with Crippen LogP contribution in [0.4, 0.5) is 0 Å². The van der Waals surface area contributed by atoms with Gasteiger partial charge in [0.1, 0.15) is 24.6 Å². The molecule has 0 fully saturated rings. The van der Waals surface area contributed by atoms with E-state index in [-0.39, 0.29) is 16.5 Å². The number of rotatable bonds is 4. The smallest absolute Gasteiger partial charge is 0.236 e. The Balaban J connectivity index is 1.33. The molecule has 0 unspecified atom stereocenters. The quantitative estimate of drug-likeness (QED) is 0.180. The molecule has 0 spiro atoms. The van der Waals surface area contributed by atoms with E-state index in [2.05, 4.69) is 114 Å². The Kier molecular flexibility index (Phi) is 6.27. The van der Waals surface area contributed by atoms with E-state index in [1.54, 1.807) is 0 Å². The number of nitrogens with zero attached hydrogens (tertiary/aromatic N) is 4. The largest absolute Gasteiger partial charge is 0.474 e. The van der Waals surface area contributed by atoms with Crippen molar-refractivity contribution in [3.63, 3.8) is 0 Å². The fraction of sp³-hybridized carbons (Fsp3) is 0.256. The third-order valence-corrected chi connectivity index (χ3v) is 10.2. The van der Waals surface area contributed by atoms with Crippen LogP contribution in [-0.4, -0.2) is 46.1 Å². The van der Waals surface area contributed by atoms with Crippen molar-refractivity contribution in [1.29, 1.82) is 0 Å². The zero-order valence-electron chi connectivity index (χ0n) is 28.8. The summed E-state index contributed by atoms with van der Waals surface area (Å²) in [6.45, 7) is 14.1. The summed E-state index contributed by atoms with van der Waals surface area (Å²) in [5, 5.41) is 4.73. The molecular weight excluding hydrogens is 604 g/mol. The van der Waals surface area contributed by atoms with Crippen molar-refractivity contribution in [1.82, 2.24) is 9.97 Å². The number of aliphatic imine (C=N–C) groups is 2. The van der Waals surface area contributed by atoms with Crippen LogP contribution in [0.25, 0.3) is 54.9 Å². The van der Waals surface area contributed by atoms with Crippen LogP contribution in [0.15, 0.2) is 107 Å². The Labute approximate surface area is 286 Å². The molecule has 0 bridgehead atoms. The molecule has 6 heteroatoms. The first-order valence-corrected chi connectivity index (χ1v) is 17.0. The zero-order valence-corrected chi connectivity index (χ0v) is 28.8.